The largest absolute Gasteiger partial charge is 0.350 e. The minimum atomic E-state index is -0.433. The predicted molar refractivity (Wildman–Crippen MR) is 109 cm³/mol. The van der Waals surface area contributed by atoms with Crippen LogP contribution in [0.15, 0.2) is 69.2 Å². The van der Waals surface area contributed by atoms with Gasteiger partial charge >= 0.3 is 5.69 Å². The molecule has 1 N–H and O–H groups in total. The van der Waals surface area contributed by atoms with Crippen LogP contribution in [-0.2, 0) is 5.75 Å². The third-order valence-electron chi connectivity index (χ3n) is 4.01. The summed E-state index contributed by atoms with van der Waals surface area (Å²) in [5.41, 5.74) is 2.50. The first-order valence-electron chi connectivity index (χ1n) is 8.11. The van der Waals surface area contributed by atoms with Crippen LogP contribution in [0.2, 0.25) is 0 Å². The molecule has 0 aliphatic heterocycles. The van der Waals surface area contributed by atoms with E-state index < -0.39 is 10.6 Å². The lowest BCUT2D eigenvalue weighted by atomic mass is 10.1. The van der Waals surface area contributed by atoms with Crippen LogP contribution in [-0.4, -0.2) is 24.5 Å². The average Bonchev–Trinajstić information content (AvgIpc) is 3.12. The Labute approximate surface area is 170 Å². The summed E-state index contributed by atoms with van der Waals surface area (Å²) in [5.74, 6) is 0.433. The fraction of sp³-hybridized carbons (Fsp3) is 0.0556. The van der Waals surface area contributed by atoms with Crippen molar-refractivity contribution in [3.8, 4) is 11.1 Å². The predicted octanol–water partition coefficient (Wildman–Crippen LogP) is 4.05. The van der Waals surface area contributed by atoms with Crippen molar-refractivity contribution >= 4 is 39.0 Å². The van der Waals surface area contributed by atoms with E-state index >= 15 is 0 Å². The number of aromatic nitrogens is 4. The smallest absolute Gasteiger partial charge is 0.285 e. The summed E-state index contributed by atoms with van der Waals surface area (Å²) in [4.78, 5) is 30.0. The van der Waals surface area contributed by atoms with Gasteiger partial charge in [-0.15, -0.1) is 0 Å². The number of aromatic amines is 1. The number of rotatable bonds is 5. The Morgan fingerprint density at radius 3 is 2.75 bits per heavy atom. The molecule has 0 bridgehead atoms. The van der Waals surface area contributed by atoms with Crippen LogP contribution in [0.1, 0.15) is 5.56 Å². The molecule has 8 nitrogen and oxygen atoms in total. The van der Waals surface area contributed by atoms with Crippen molar-refractivity contribution in [3.63, 3.8) is 0 Å². The van der Waals surface area contributed by atoms with Crippen LogP contribution in [0.3, 0.4) is 0 Å². The van der Waals surface area contributed by atoms with Gasteiger partial charge in [-0.05, 0) is 23.3 Å². The minimum Gasteiger partial charge on any atom is -0.285 e. The summed E-state index contributed by atoms with van der Waals surface area (Å²) in [6, 6.07) is 14.0. The second-order valence-corrected chi connectivity index (χ2v) is 7.74. The number of H-pyrrole nitrogens is 1. The normalized spacial score (nSPS) is 11.0. The molecule has 2 heterocycles. The number of nitrogens with one attached hydrogen (secondary N) is 1. The molecule has 0 radical (unpaired) electrons. The Bertz CT molecular complexity index is 1240. The first kappa shape index (κ1) is 18.4. The number of nitro benzene ring substituents is 1. The molecule has 0 amide bonds. The maximum absolute atomic E-state index is 12.3. The van der Waals surface area contributed by atoms with Crippen molar-refractivity contribution in [1.82, 2.24) is 19.6 Å². The highest BCUT2D eigenvalue weighted by Crippen LogP contribution is 2.26. The van der Waals surface area contributed by atoms with E-state index in [1.54, 1.807) is 18.3 Å². The van der Waals surface area contributed by atoms with Crippen molar-refractivity contribution in [2.75, 3.05) is 0 Å². The molecule has 0 fully saturated rings. The van der Waals surface area contributed by atoms with Crippen LogP contribution in [0.4, 0.5) is 5.69 Å². The van der Waals surface area contributed by atoms with Gasteiger partial charge in [0.25, 0.3) is 5.69 Å². The van der Waals surface area contributed by atoms with Crippen LogP contribution < -0.4 is 5.69 Å². The molecule has 0 unspecified atom stereocenters. The monoisotopic (exact) mass is 457 g/mol. The molecule has 0 saturated heterocycles. The van der Waals surface area contributed by atoms with E-state index in [0.717, 1.165) is 21.2 Å². The number of fused-ring (bicyclic) bond motifs is 1. The highest BCUT2D eigenvalue weighted by Gasteiger charge is 2.13. The Morgan fingerprint density at radius 1 is 1.21 bits per heavy atom. The Balaban J connectivity index is 1.66. The summed E-state index contributed by atoms with van der Waals surface area (Å²) < 4.78 is 2.17. The Morgan fingerprint density at radius 2 is 2.00 bits per heavy atom. The van der Waals surface area contributed by atoms with E-state index in [1.807, 2.05) is 24.3 Å². The zero-order chi connectivity index (χ0) is 19.7. The van der Waals surface area contributed by atoms with Crippen LogP contribution in [0.25, 0.3) is 16.8 Å². The second kappa shape index (κ2) is 7.56. The van der Waals surface area contributed by atoms with Gasteiger partial charge in [0.2, 0.25) is 0 Å². The van der Waals surface area contributed by atoms with Gasteiger partial charge in [-0.2, -0.15) is 9.61 Å². The number of thioether (sulfide) groups is 1. The second-order valence-electron chi connectivity index (χ2n) is 5.86. The molecule has 0 atom stereocenters. The standard InChI is InChI=1S/C18H12BrN5O3S/c19-13-6-4-12(5-7-13)15-9-20-23-16(15)21-17(22-18(23)25)28-10-11-2-1-3-14(8-11)24(26)27/h1-9H,10H2,(H,21,22,25). The molecular formula is C18H12BrN5O3S. The average molecular weight is 458 g/mol. The summed E-state index contributed by atoms with van der Waals surface area (Å²) >= 11 is 4.70. The Kier molecular flexibility index (Phi) is 4.97. The third-order valence-corrected chi connectivity index (χ3v) is 5.48. The molecule has 0 aliphatic rings. The van der Waals surface area contributed by atoms with Crippen molar-refractivity contribution in [2.45, 2.75) is 10.9 Å². The van der Waals surface area contributed by atoms with Crippen molar-refractivity contribution in [2.24, 2.45) is 0 Å². The number of halogens is 1. The molecule has 10 heteroatoms. The van der Waals surface area contributed by atoms with E-state index in [1.165, 1.54) is 28.4 Å². The van der Waals surface area contributed by atoms with E-state index in [2.05, 4.69) is 31.0 Å². The SMILES string of the molecule is O=c1[nH]c(SCc2cccc([N+](=O)[O-])c2)nc2c(-c3ccc(Br)cc3)cnn12. The van der Waals surface area contributed by atoms with Gasteiger partial charge in [0, 0.05) is 27.9 Å². The first-order chi connectivity index (χ1) is 13.5. The van der Waals surface area contributed by atoms with Crippen LogP contribution >= 0.6 is 27.7 Å². The van der Waals surface area contributed by atoms with Gasteiger partial charge in [-0.1, -0.05) is 52.0 Å². The molecule has 4 aromatic rings. The topological polar surface area (TPSA) is 106 Å². The summed E-state index contributed by atoms with van der Waals surface area (Å²) in [6.07, 6.45) is 1.61. The van der Waals surface area contributed by atoms with E-state index in [9.17, 15) is 14.9 Å². The lowest BCUT2D eigenvalue weighted by Gasteiger charge is -2.04. The lowest BCUT2D eigenvalue weighted by molar-refractivity contribution is -0.384. The van der Waals surface area contributed by atoms with Crippen LogP contribution in [0.5, 0.6) is 0 Å². The maximum atomic E-state index is 12.3. The minimum absolute atomic E-state index is 0.0309. The van der Waals surface area contributed by atoms with Gasteiger partial charge in [0.15, 0.2) is 10.8 Å². The third kappa shape index (κ3) is 3.69. The van der Waals surface area contributed by atoms with Crippen molar-refractivity contribution in [1.29, 1.82) is 0 Å². The number of benzene rings is 2. The summed E-state index contributed by atoms with van der Waals surface area (Å²) in [6.45, 7) is 0. The van der Waals surface area contributed by atoms with Crippen LogP contribution in [0, 0.1) is 10.1 Å². The summed E-state index contributed by atoms with van der Waals surface area (Å²) in [5, 5.41) is 15.4. The Hall–Kier alpha value is -2.98. The molecule has 2 aromatic heterocycles. The van der Waals surface area contributed by atoms with E-state index in [0.29, 0.717) is 16.6 Å². The fourth-order valence-electron chi connectivity index (χ4n) is 2.68. The van der Waals surface area contributed by atoms with Crippen molar-refractivity contribution in [3.05, 3.63) is 85.4 Å². The number of hydrogen-bond donors (Lipinski definition) is 1. The molecule has 4 rings (SSSR count). The zero-order valence-corrected chi connectivity index (χ0v) is 16.6. The lowest BCUT2D eigenvalue weighted by Crippen LogP contribution is -2.19. The summed E-state index contributed by atoms with van der Waals surface area (Å²) in [7, 11) is 0. The fourth-order valence-corrected chi connectivity index (χ4v) is 3.74. The van der Waals surface area contributed by atoms with Gasteiger partial charge in [-0.3, -0.25) is 15.1 Å². The van der Waals surface area contributed by atoms with Gasteiger partial charge in [0.1, 0.15) is 0 Å². The number of nitro groups is 1. The first-order valence-corrected chi connectivity index (χ1v) is 9.89. The molecule has 2 aromatic carbocycles. The molecule has 140 valence electrons. The van der Waals surface area contributed by atoms with E-state index in [-0.39, 0.29) is 5.69 Å². The quantitative estimate of drug-likeness (QED) is 0.275. The number of non-ortho nitro benzene ring substituents is 1. The highest BCUT2D eigenvalue weighted by atomic mass is 79.9. The molecule has 0 aliphatic carbocycles. The number of nitrogens with zero attached hydrogens (tertiary/aromatic N) is 4. The zero-order valence-electron chi connectivity index (χ0n) is 14.2. The number of hydrogen-bond acceptors (Lipinski definition) is 6. The molecule has 0 spiro atoms. The van der Waals surface area contributed by atoms with Gasteiger partial charge in [0.05, 0.1) is 11.1 Å². The highest BCUT2D eigenvalue weighted by molar-refractivity contribution is 9.10. The van der Waals surface area contributed by atoms with Crippen molar-refractivity contribution < 1.29 is 4.92 Å². The van der Waals surface area contributed by atoms with E-state index in [4.69, 9.17) is 0 Å². The van der Waals surface area contributed by atoms with Gasteiger partial charge < -0.3 is 0 Å². The molecular weight excluding hydrogens is 446 g/mol. The molecule has 28 heavy (non-hydrogen) atoms. The maximum Gasteiger partial charge on any atom is 0.350 e. The van der Waals surface area contributed by atoms with Gasteiger partial charge in [-0.25, -0.2) is 9.78 Å². The molecule has 0 saturated carbocycles.